The van der Waals surface area contributed by atoms with Crippen LogP contribution < -0.4 is 5.56 Å². The minimum atomic E-state index is -2.69. The molecule has 26 heavy (non-hydrogen) atoms. The molecule has 0 N–H and O–H groups in total. The van der Waals surface area contributed by atoms with Gasteiger partial charge in [0.25, 0.3) is 11.5 Å². The van der Waals surface area contributed by atoms with Gasteiger partial charge in [0.1, 0.15) is 5.82 Å². The lowest BCUT2D eigenvalue weighted by molar-refractivity contribution is -0.0972. The Hall–Kier alpha value is -1.30. The fraction of sp³-hybridized carbons (Fsp3) is 0.600. The first-order chi connectivity index (χ1) is 12.4. The Labute approximate surface area is 160 Å². The molecule has 0 amide bonds. The molecule has 0 radical (unpaired) electrons. The summed E-state index contributed by atoms with van der Waals surface area (Å²) in [4.78, 5) is 17.7. The molecule has 142 valence electrons. The highest BCUT2D eigenvalue weighted by atomic mass is 79.9. The first-order valence-corrected chi connectivity index (χ1v) is 10.3. The molecule has 1 aliphatic rings. The maximum Gasteiger partial charge on any atom is 0.261 e. The molecule has 1 aromatic heterocycles. The lowest BCUT2D eigenvalue weighted by atomic mass is 9.75. The Morgan fingerprint density at radius 2 is 2.12 bits per heavy atom. The van der Waals surface area contributed by atoms with E-state index in [1.807, 2.05) is 19.9 Å². The fourth-order valence-corrected chi connectivity index (χ4v) is 4.60. The molecular formula is C20H25BrF2N2O. The van der Waals surface area contributed by atoms with Crippen molar-refractivity contribution in [2.75, 3.05) is 0 Å². The summed E-state index contributed by atoms with van der Waals surface area (Å²) >= 11 is 3.39. The van der Waals surface area contributed by atoms with E-state index in [9.17, 15) is 13.6 Å². The normalized spacial score (nSPS) is 21.0. The molecule has 1 heterocycles. The molecule has 3 rings (SSSR count). The average Bonchev–Trinajstić information content (AvgIpc) is 2.60. The lowest BCUT2D eigenvalue weighted by Crippen LogP contribution is -2.39. The maximum atomic E-state index is 14.7. The maximum absolute atomic E-state index is 14.7. The fourth-order valence-electron chi connectivity index (χ4n) is 4.24. The van der Waals surface area contributed by atoms with Crippen LogP contribution in [0.15, 0.2) is 27.5 Å². The molecule has 0 unspecified atom stereocenters. The van der Waals surface area contributed by atoms with Crippen LogP contribution in [-0.4, -0.2) is 15.5 Å². The van der Waals surface area contributed by atoms with Gasteiger partial charge in [-0.3, -0.25) is 9.36 Å². The summed E-state index contributed by atoms with van der Waals surface area (Å²) in [6, 6.07) is 5.37. The van der Waals surface area contributed by atoms with Crippen LogP contribution >= 0.6 is 15.9 Å². The summed E-state index contributed by atoms with van der Waals surface area (Å²) in [6.45, 7) is 4.31. The van der Waals surface area contributed by atoms with Crippen LogP contribution in [0.1, 0.15) is 64.1 Å². The van der Waals surface area contributed by atoms with Gasteiger partial charge in [-0.1, -0.05) is 35.7 Å². The molecular weight excluding hydrogens is 402 g/mol. The SMILES string of the molecule is CCC[C@@H](c1nc2ccc(Br)cc2c(=O)n1CC)[C@H]1CCCCC1(F)F. The highest BCUT2D eigenvalue weighted by molar-refractivity contribution is 9.10. The summed E-state index contributed by atoms with van der Waals surface area (Å²) in [5.74, 6) is -3.30. The van der Waals surface area contributed by atoms with Crippen LogP contribution in [-0.2, 0) is 6.54 Å². The van der Waals surface area contributed by atoms with Gasteiger partial charge >= 0.3 is 0 Å². The Bertz CT molecular complexity index is 850. The van der Waals surface area contributed by atoms with Crippen molar-refractivity contribution in [3.05, 3.63) is 38.9 Å². The van der Waals surface area contributed by atoms with E-state index in [0.29, 0.717) is 42.5 Å². The Morgan fingerprint density at radius 1 is 1.35 bits per heavy atom. The standard InChI is InChI=1S/C20H25BrF2N2O/c1-3-7-14(16-8-5-6-11-20(16,22)23)18-24-17-10-9-13(21)12-15(17)19(26)25(18)4-2/h9-10,12,14,16H,3-8,11H2,1-2H3/t14-,16-/m1/s1. The highest BCUT2D eigenvalue weighted by Gasteiger charge is 2.46. The zero-order valence-electron chi connectivity index (χ0n) is 15.3. The first-order valence-electron chi connectivity index (χ1n) is 9.46. The molecule has 2 atom stereocenters. The Morgan fingerprint density at radius 3 is 2.77 bits per heavy atom. The summed E-state index contributed by atoms with van der Waals surface area (Å²) in [5.41, 5.74) is 0.437. The van der Waals surface area contributed by atoms with Crippen molar-refractivity contribution in [1.29, 1.82) is 0 Å². The minimum absolute atomic E-state index is 0.0607. The van der Waals surface area contributed by atoms with Gasteiger partial charge in [0.15, 0.2) is 0 Å². The molecule has 0 saturated heterocycles. The van der Waals surface area contributed by atoms with Crippen LogP contribution in [0.2, 0.25) is 0 Å². The number of fused-ring (bicyclic) bond motifs is 1. The summed E-state index contributed by atoms with van der Waals surface area (Å²) in [5, 5.41) is 0.524. The van der Waals surface area contributed by atoms with Gasteiger partial charge in [-0.2, -0.15) is 0 Å². The van der Waals surface area contributed by atoms with Gasteiger partial charge in [0.05, 0.1) is 10.9 Å². The number of aromatic nitrogens is 2. The third kappa shape index (κ3) is 3.57. The second kappa shape index (κ2) is 7.75. The van der Waals surface area contributed by atoms with Crippen LogP contribution in [0.4, 0.5) is 8.78 Å². The van der Waals surface area contributed by atoms with Gasteiger partial charge < -0.3 is 0 Å². The van der Waals surface area contributed by atoms with Gasteiger partial charge in [0.2, 0.25) is 0 Å². The zero-order valence-corrected chi connectivity index (χ0v) is 16.9. The largest absolute Gasteiger partial charge is 0.296 e. The van der Waals surface area contributed by atoms with E-state index in [4.69, 9.17) is 4.98 Å². The van der Waals surface area contributed by atoms with Crippen molar-refractivity contribution >= 4 is 26.8 Å². The van der Waals surface area contributed by atoms with Crippen LogP contribution in [0.25, 0.3) is 10.9 Å². The van der Waals surface area contributed by atoms with E-state index < -0.39 is 17.8 Å². The highest BCUT2D eigenvalue weighted by Crippen LogP contribution is 2.47. The number of alkyl halides is 2. The van der Waals surface area contributed by atoms with Crippen molar-refractivity contribution in [2.24, 2.45) is 5.92 Å². The molecule has 0 aliphatic heterocycles. The predicted octanol–water partition coefficient (Wildman–Crippen LogP) is 5.89. The molecule has 0 spiro atoms. The number of rotatable bonds is 5. The smallest absolute Gasteiger partial charge is 0.261 e. The molecule has 3 nitrogen and oxygen atoms in total. The molecule has 1 aromatic carbocycles. The quantitative estimate of drug-likeness (QED) is 0.597. The monoisotopic (exact) mass is 426 g/mol. The van der Waals surface area contributed by atoms with Crippen molar-refractivity contribution in [1.82, 2.24) is 9.55 Å². The molecule has 0 bridgehead atoms. The molecule has 6 heteroatoms. The van der Waals surface area contributed by atoms with Crippen molar-refractivity contribution < 1.29 is 8.78 Å². The second-order valence-electron chi connectivity index (χ2n) is 7.19. The number of benzene rings is 1. The van der Waals surface area contributed by atoms with E-state index in [-0.39, 0.29) is 12.0 Å². The number of nitrogens with zero attached hydrogens (tertiary/aromatic N) is 2. The van der Waals surface area contributed by atoms with E-state index in [0.717, 1.165) is 17.3 Å². The zero-order chi connectivity index (χ0) is 18.9. The third-order valence-corrected chi connectivity index (χ3v) is 5.99. The van der Waals surface area contributed by atoms with Crippen LogP contribution in [0.5, 0.6) is 0 Å². The second-order valence-corrected chi connectivity index (χ2v) is 8.11. The van der Waals surface area contributed by atoms with Crippen molar-refractivity contribution in [2.45, 2.75) is 70.8 Å². The van der Waals surface area contributed by atoms with Gasteiger partial charge in [-0.25, -0.2) is 13.8 Å². The molecule has 1 saturated carbocycles. The van der Waals surface area contributed by atoms with Gasteiger partial charge in [0, 0.05) is 29.3 Å². The number of hydrogen-bond donors (Lipinski definition) is 0. The molecule has 1 fully saturated rings. The van der Waals surface area contributed by atoms with E-state index in [1.54, 1.807) is 16.7 Å². The van der Waals surface area contributed by atoms with Crippen molar-refractivity contribution in [3.8, 4) is 0 Å². The lowest BCUT2D eigenvalue weighted by Gasteiger charge is -2.37. The van der Waals surface area contributed by atoms with E-state index in [1.165, 1.54) is 0 Å². The van der Waals surface area contributed by atoms with E-state index >= 15 is 0 Å². The summed E-state index contributed by atoms with van der Waals surface area (Å²) in [6.07, 6.45) is 3.23. The first kappa shape index (κ1) is 19.5. The minimum Gasteiger partial charge on any atom is -0.296 e. The van der Waals surface area contributed by atoms with Crippen molar-refractivity contribution in [3.63, 3.8) is 0 Å². The van der Waals surface area contributed by atoms with Gasteiger partial charge in [-0.15, -0.1) is 0 Å². The average molecular weight is 427 g/mol. The van der Waals surface area contributed by atoms with E-state index in [2.05, 4.69) is 15.9 Å². The summed E-state index contributed by atoms with van der Waals surface area (Å²) < 4.78 is 31.8. The Kier molecular flexibility index (Phi) is 5.80. The third-order valence-electron chi connectivity index (χ3n) is 5.50. The summed E-state index contributed by atoms with van der Waals surface area (Å²) in [7, 11) is 0. The molecule has 1 aliphatic carbocycles. The molecule has 2 aromatic rings. The topological polar surface area (TPSA) is 34.9 Å². The Balaban J connectivity index is 2.19. The van der Waals surface area contributed by atoms with Crippen LogP contribution in [0.3, 0.4) is 0 Å². The number of halogens is 3. The van der Waals surface area contributed by atoms with Crippen LogP contribution in [0, 0.1) is 5.92 Å². The predicted molar refractivity (Wildman–Crippen MR) is 104 cm³/mol. The number of hydrogen-bond acceptors (Lipinski definition) is 2. The van der Waals surface area contributed by atoms with Gasteiger partial charge in [-0.05, 0) is 44.4 Å².